The molecule has 2 nitrogen and oxygen atoms in total. The van der Waals surface area contributed by atoms with Crippen LogP contribution in [0.4, 0.5) is 0 Å². The van der Waals surface area contributed by atoms with Crippen molar-refractivity contribution in [2.75, 3.05) is 26.2 Å². The molecule has 15 heavy (non-hydrogen) atoms. The first-order valence-corrected chi connectivity index (χ1v) is 6.22. The van der Waals surface area contributed by atoms with Gasteiger partial charge in [-0.2, -0.15) is 0 Å². The normalized spacial score (nSPS) is 17.5. The van der Waals surface area contributed by atoms with Crippen LogP contribution in [0.15, 0.2) is 0 Å². The highest BCUT2D eigenvalue weighted by atomic mass is 15.2. The van der Waals surface area contributed by atoms with Crippen LogP contribution in [0.5, 0.6) is 0 Å². The summed E-state index contributed by atoms with van der Waals surface area (Å²) in [5, 5.41) is 3.42. The lowest BCUT2D eigenvalue weighted by molar-refractivity contribution is 0.165. The standard InChI is InChI=1S/C13H24N2/c1-3-5-6-12-15(11-4-2)13-7-9-14-10-8-13/h13-14H,4,6-12H2,1-2H3. The lowest BCUT2D eigenvalue weighted by Crippen LogP contribution is -2.43. The fourth-order valence-corrected chi connectivity index (χ4v) is 2.26. The van der Waals surface area contributed by atoms with Crippen molar-refractivity contribution in [3.8, 4) is 11.8 Å². The lowest BCUT2D eigenvalue weighted by Gasteiger charge is -2.34. The van der Waals surface area contributed by atoms with E-state index in [9.17, 15) is 0 Å². The van der Waals surface area contributed by atoms with Gasteiger partial charge in [-0.15, -0.1) is 11.8 Å². The van der Waals surface area contributed by atoms with Crippen LogP contribution >= 0.6 is 0 Å². The zero-order valence-electron chi connectivity index (χ0n) is 10.2. The van der Waals surface area contributed by atoms with E-state index in [2.05, 4.69) is 29.0 Å². The van der Waals surface area contributed by atoms with E-state index < -0.39 is 0 Å². The molecule has 1 saturated heterocycles. The molecule has 0 aromatic heterocycles. The molecule has 86 valence electrons. The van der Waals surface area contributed by atoms with Gasteiger partial charge in [0.1, 0.15) is 0 Å². The van der Waals surface area contributed by atoms with E-state index in [4.69, 9.17) is 0 Å². The summed E-state index contributed by atoms with van der Waals surface area (Å²) in [6.07, 6.45) is 4.89. The minimum absolute atomic E-state index is 0.796. The van der Waals surface area contributed by atoms with Crippen molar-refractivity contribution in [1.82, 2.24) is 10.2 Å². The van der Waals surface area contributed by atoms with Crippen LogP contribution in [0.2, 0.25) is 0 Å². The maximum Gasteiger partial charge on any atom is 0.0217 e. The Morgan fingerprint density at radius 2 is 2.00 bits per heavy atom. The first-order valence-electron chi connectivity index (χ1n) is 6.22. The molecule has 0 atom stereocenters. The quantitative estimate of drug-likeness (QED) is 0.694. The van der Waals surface area contributed by atoms with Gasteiger partial charge in [-0.1, -0.05) is 6.92 Å². The number of nitrogens with zero attached hydrogens (tertiary/aromatic N) is 1. The Balaban J connectivity index is 2.35. The van der Waals surface area contributed by atoms with Gasteiger partial charge in [0.15, 0.2) is 0 Å². The molecule has 1 aliphatic heterocycles. The highest BCUT2D eigenvalue weighted by Crippen LogP contribution is 2.12. The largest absolute Gasteiger partial charge is 0.317 e. The Bertz CT molecular complexity index is 208. The van der Waals surface area contributed by atoms with Crippen LogP contribution in [0.3, 0.4) is 0 Å². The van der Waals surface area contributed by atoms with E-state index in [0.717, 1.165) is 19.0 Å². The van der Waals surface area contributed by atoms with E-state index >= 15 is 0 Å². The van der Waals surface area contributed by atoms with Gasteiger partial charge in [0, 0.05) is 19.0 Å². The summed E-state index contributed by atoms with van der Waals surface area (Å²) >= 11 is 0. The molecule has 1 rings (SSSR count). The minimum Gasteiger partial charge on any atom is -0.317 e. The van der Waals surface area contributed by atoms with Crippen LogP contribution in [0.1, 0.15) is 39.5 Å². The van der Waals surface area contributed by atoms with E-state index in [0.29, 0.717) is 0 Å². The first kappa shape index (κ1) is 12.5. The molecule has 1 heterocycles. The smallest absolute Gasteiger partial charge is 0.0217 e. The molecule has 1 aliphatic rings. The van der Waals surface area contributed by atoms with Crippen molar-refractivity contribution in [1.29, 1.82) is 0 Å². The molecule has 0 aliphatic carbocycles. The van der Waals surface area contributed by atoms with Gasteiger partial charge in [0.2, 0.25) is 0 Å². The van der Waals surface area contributed by atoms with Gasteiger partial charge in [-0.3, -0.25) is 4.90 Å². The summed E-state index contributed by atoms with van der Waals surface area (Å²) in [7, 11) is 0. The van der Waals surface area contributed by atoms with Gasteiger partial charge in [-0.05, 0) is 45.8 Å². The molecule has 0 saturated carbocycles. The highest BCUT2D eigenvalue weighted by Gasteiger charge is 2.19. The predicted molar refractivity (Wildman–Crippen MR) is 65.8 cm³/mol. The second-order valence-electron chi connectivity index (χ2n) is 4.19. The molecule has 0 spiro atoms. The van der Waals surface area contributed by atoms with E-state index in [1.807, 2.05) is 6.92 Å². The Morgan fingerprint density at radius 3 is 2.60 bits per heavy atom. The Morgan fingerprint density at radius 1 is 1.27 bits per heavy atom. The Kier molecular flexibility index (Phi) is 6.47. The third-order valence-corrected chi connectivity index (χ3v) is 3.04. The minimum atomic E-state index is 0.796. The van der Waals surface area contributed by atoms with Crippen molar-refractivity contribution in [2.24, 2.45) is 0 Å². The van der Waals surface area contributed by atoms with Crippen LogP contribution in [0.25, 0.3) is 0 Å². The Labute approximate surface area is 94.4 Å². The van der Waals surface area contributed by atoms with Crippen molar-refractivity contribution >= 4 is 0 Å². The zero-order valence-corrected chi connectivity index (χ0v) is 10.2. The van der Waals surface area contributed by atoms with Crippen molar-refractivity contribution < 1.29 is 0 Å². The van der Waals surface area contributed by atoms with Crippen LogP contribution in [-0.2, 0) is 0 Å². The average Bonchev–Trinajstić information content (AvgIpc) is 2.29. The summed E-state index contributed by atoms with van der Waals surface area (Å²) < 4.78 is 0. The monoisotopic (exact) mass is 208 g/mol. The SMILES string of the molecule is CC#CCCN(CCC)C1CCNCC1. The van der Waals surface area contributed by atoms with Gasteiger partial charge in [-0.25, -0.2) is 0 Å². The van der Waals surface area contributed by atoms with Crippen molar-refractivity contribution in [2.45, 2.75) is 45.6 Å². The first-order chi connectivity index (χ1) is 7.38. The van der Waals surface area contributed by atoms with Gasteiger partial charge >= 0.3 is 0 Å². The number of rotatable bonds is 5. The molecule has 0 aromatic rings. The third-order valence-electron chi connectivity index (χ3n) is 3.04. The van der Waals surface area contributed by atoms with E-state index in [1.54, 1.807) is 0 Å². The fraction of sp³-hybridized carbons (Fsp3) is 0.846. The van der Waals surface area contributed by atoms with Gasteiger partial charge in [0.25, 0.3) is 0 Å². The van der Waals surface area contributed by atoms with Gasteiger partial charge in [0.05, 0.1) is 0 Å². The second kappa shape index (κ2) is 7.73. The number of piperidine rings is 1. The summed E-state index contributed by atoms with van der Waals surface area (Å²) in [4.78, 5) is 2.63. The molecule has 0 radical (unpaired) electrons. The summed E-state index contributed by atoms with van der Waals surface area (Å²) in [5.41, 5.74) is 0. The maximum absolute atomic E-state index is 3.42. The molecule has 0 aromatic carbocycles. The van der Waals surface area contributed by atoms with Crippen molar-refractivity contribution in [3.63, 3.8) is 0 Å². The van der Waals surface area contributed by atoms with E-state index in [-0.39, 0.29) is 0 Å². The second-order valence-corrected chi connectivity index (χ2v) is 4.19. The molecule has 0 amide bonds. The molecule has 0 bridgehead atoms. The molecule has 1 N–H and O–H groups in total. The molecular weight excluding hydrogens is 184 g/mol. The lowest BCUT2D eigenvalue weighted by atomic mass is 10.0. The molecule has 0 unspecified atom stereocenters. The Hall–Kier alpha value is -0.520. The van der Waals surface area contributed by atoms with Crippen LogP contribution in [-0.4, -0.2) is 37.1 Å². The summed E-state index contributed by atoms with van der Waals surface area (Å²) in [6.45, 7) is 8.94. The summed E-state index contributed by atoms with van der Waals surface area (Å²) in [5.74, 6) is 6.15. The van der Waals surface area contributed by atoms with E-state index in [1.165, 1.54) is 38.9 Å². The number of hydrogen-bond acceptors (Lipinski definition) is 2. The fourth-order valence-electron chi connectivity index (χ4n) is 2.26. The zero-order chi connectivity index (χ0) is 10.9. The van der Waals surface area contributed by atoms with Crippen LogP contribution < -0.4 is 5.32 Å². The third kappa shape index (κ3) is 4.68. The van der Waals surface area contributed by atoms with Gasteiger partial charge < -0.3 is 5.32 Å². The van der Waals surface area contributed by atoms with Crippen LogP contribution in [0, 0.1) is 11.8 Å². The maximum atomic E-state index is 3.42. The number of nitrogens with one attached hydrogen (secondary N) is 1. The summed E-state index contributed by atoms with van der Waals surface area (Å²) in [6, 6.07) is 0.796. The average molecular weight is 208 g/mol. The predicted octanol–water partition coefficient (Wildman–Crippen LogP) is 1.86. The highest BCUT2D eigenvalue weighted by molar-refractivity contribution is 4.95. The topological polar surface area (TPSA) is 15.3 Å². The molecule has 2 heteroatoms. The molecule has 1 fully saturated rings. The number of hydrogen-bond donors (Lipinski definition) is 1. The van der Waals surface area contributed by atoms with Crippen molar-refractivity contribution in [3.05, 3.63) is 0 Å². The molecular formula is C13H24N2.